The topological polar surface area (TPSA) is 57.1 Å². The first-order chi connectivity index (χ1) is 12.2. The van der Waals surface area contributed by atoms with Gasteiger partial charge in [0, 0.05) is 19.4 Å². The molecule has 0 aliphatic carbocycles. The van der Waals surface area contributed by atoms with Gasteiger partial charge in [0.15, 0.2) is 11.5 Å². The second-order valence-corrected chi connectivity index (χ2v) is 6.92. The largest absolute Gasteiger partial charge is 0.417 e. The van der Waals surface area contributed by atoms with Gasteiger partial charge in [0.25, 0.3) is 5.56 Å². The van der Waals surface area contributed by atoms with Gasteiger partial charge in [-0.25, -0.2) is 9.97 Å². The molecule has 0 bridgehead atoms. The molecule has 0 unspecified atom stereocenters. The molecule has 26 heavy (non-hydrogen) atoms. The zero-order valence-electron chi connectivity index (χ0n) is 13.5. The van der Waals surface area contributed by atoms with Gasteiger partial charge < -0.3 is 0 Å². The van der Waals surface area contributed by atoms with Gasteiger partial charge in [0.1, 0.15) is 9.35 Å². The van der Waals surface area contributed by atoms with Gasteiger partial charge in [-0.3, -0.25) is 13.9 Å². The van der Waals surface area contributed by atoms with Gasteiger partial charge in [0.2, 0.25) is 0 Å². The summed E-state index contributed by atoms with van der Waals surface area (Å²) in [6.07, 6.45) is -1.83. The van der Waals surface area contributed by atoms with E-state index in [1.54, 1.807) is 24.0 Å². The molecule has 4 aromatic rings. The first kappa shape index (κ1) is 17.1. The molecular weight excluding hydrogens is 462 g/mol. The average molecular weight is 473 g/mol. The number of halogens is 4. The fourth-order valence-electron chi connectivity index (χ4n) is 2.87. The Labute approximate surface area is 158 Å². The molecule has 0 radical (unpaired) electrons. The monoisotopic (exact) mass is 473 g/mol. The Morgan fingerprint density at radius 2 is 1.96 bits per heavy atom. The summed E-state index contributed by atoms with van der Waals surface area (Å²) < 4.78 is 43.5. The maximum absolute atomic E-state index is 13.0. The number of imidazole rings is 1. The zero-order chi connectivity index (χ0) is 18.8. The normalized spacial score (nSPS) is 12.4. The fraction of sp³-hybridized carbons (Fsp3) is 0.188. The molecule has 6 nitrogen and oxygen atoms in total. The number of hydrogen-bond acceptors (Lipinski definition) is 3. The van der Waals surface area contributed by atoms with Crippen LogP contribution in [0.1, 0.15) is 11.1 Å². The van der Waals surface area contributed by atoms with Gasteiger partial charge >= 0.3 is 6.18 Å². The van der Waals surface area contributed by atoms with E-state index >= 15 is 0 Å². The number of nitrogens with zero attached hydrogens (tertiary/aromatic N) is 5. The summed E-state index contributed by atoms with van der Waals surface area (Å²) in [7, 11) is 1.66. The Morgan fingerprint density at radius 3 is 2.65 bits per heavy atom. The highest BCUT2D eigenvalue weighted by atomic mass is 127. The van der Waals surface area contributed by atoms with Gasteiger partial charge in [-0.2, -0.15) is 17.9 Å². The van der Waals surface area contributed by atoms with Crippen LogP contribution in [0.3, 0.4) is 0 Å². The van der Waals surface area contributed by atoms with E-state index in [9.17, 15) is 18.0 Å². The van der Waals surface area contributed by atoms with E-state index < -0.39 is 11.7 Å². The van der Waals surface area contributed by atoms with Crippen molar-refractivity contribution in [3.63, 3.8) is 0 Å². The third-order valence-corrected chi connectivity index (χ3v) is 5.11. The van der Waals surface area contributed by atoms with Crippen molar-refractivity contribution in [1.82, 2.24) is 23.7 Å². The van der Waals surface area contributed by atoms with E-state index in [1.165, 1.54) is 15.1 Å². The SMILES string of the molecule is Cc1cnc2c(c1)c(=O)n(-c1nc3ccc(C(F)(F)F)cn3c1I)n2C. The number of pyridine rings is 2. The van der Waals surface area contributed by atoms with Gasteiger partial charge in [0.05, 0.1) is 10.9 Å². The Balaban J connectivity index is 2.02. The van der Waals surface area contributed by atoms with Crippen LogP contribution in [-0.4, -0.2) is 23.7 Å². The van der Waals surface area contributed by atoms with Crippen LogP contribution in [0.25, 0.3) is 22.5 Å². The minimum absolute atomic E-state index is 0.257. The highest BCUT2D eigenvalue weighted by Gasteiger charge is 2.31. The molecule has 0 aliphatic heterocycles. The summed E-state index contributed by atoms with van der Waals surface area (Å²) in [5.41, 5.74) is 0.527. The smallest absolute Gasteiger partial charge is 0.292 e. The van der Waals surface area contributed by atoms with Crippen molar-refractivity contribution in [2.75, 3.05) is 0 Å². The van der Waals surface area contributed by atoms with Crippen LogP contribution in [0.5, 0.6) is 0 Å². The second kappa shape index (κ2) is 5.56. The molecular formula is C16H11F3IN5O. The van der Waals surface area contributed by atoms with Crippen LogP contribution in [0.2, 0.25) is 0 Å². The molecule has 10 heteroatoms. The van der Waals surface area contributed by atoms with Gasteiger partial charge in [-0.1, -0.05) is 0 Å². The summed E-state index contributed by atoms with van der Waals surface area (Å²) in [6, 6.07) is 3.98. The first-order valence-electron chi connectivity index (χ1n) is 7.48. The second-order valence-electron chi connectivity index (χ2n) is 5.89. The molecule has 134 valence electrons. The number of alkyl halides is 3. The highest BCUT2D eigenvalue weighted by molar-refractivity contribution is 14.1. The standard InChI is InChI=1S/C16H11F3IN5O/c1-8-5-10-13(21-6-8)23(2)25(15(10)26)14-12(20)24-7-9(16(17,18)19)3-4-11(24)22-14/h3-7H,1-2H3. The maximum Gasteiger partial charge on any atom is 0.417 e. The fourth-order valence-corrected chi connectivity index (χ4v) is 3.60. The lowest BCUT2D eigenvalue weighted by atomic mass is 10.2. The van der Waals surface area contributed by atoms with Crippen LogP contribution in [0, 0.1) is 10.6 Å². The first-order valence-corrected chi connectivity index (χ1v) is 8.56. The Bertz CT molecular complexity index is 1230. The highest BCUT2D eigenvalue weighted by Crippen LogP contribution is 2.30. The van der Waals surface area contributed by atoms with E-state index in [-0.39, 0.29) is 11.4 Å². The van der Waals surface area contributed by atoms with Gasteiger partial charge in [-0.15, -0.1) is 0 Å². The Morgan fingerprint density at radius 1 is 1.23 bits per heavy atom. The molecule has 0 saturated heterocycles. The van der Waals surface area contributed by atoms with Crippen LogP contribution in [0.4, 0.5) is 13.2 Å². The van der Waals surface area contributed by atoms with Crippen LogP contribution in [-0.2, 0) is 13.2 Å². The summed E-state index contributed by atoms with van der Waals surface area (Å²) in [4.78, 5) is 21.4. The third kappa shape index (κ3) is 2.42. The molecule has 4 heterocycles. The summed E-state index contributed by atoms with van der Waals surface area (Å²) in [5.74, 6) is 0.257. The Hall–Kier alpha value is -2.37. The van der Waals surface area contributed by atoms with Crippen LogP contribution in [0.15, 0.2) is 35.4 Å². The lowest BCUT2D eigenvalue weighted by Crippen LogP contribution is -2.20. The van der Waals surface area contributed by atoms with Crippen molar-refractivity contribution < 1.29 is 13.2 Å². The van der Waals surface area contributed by atoms with Crippen molar-refractivity contribution in [3.8, 4) is 5.82 Å². The van der Waals surface area contributed by atoms with Crippen molar-refractivity contribution in [1.29, 1.82) is 0 Å². The minimum Gasteiger partial charge on any atom is -0.292 e. The van der Waals surface area contributed by atoms with Crippen molar-refractivity contribution in [3.05, 3.63) is 55.8 Å². The molecule has 0 aliphatic rings. The number of aromatic nitrogens is 5. The zero-order valence-corrected chi connectivity index (χ0v) is 15.7. The Kier molecular flexibility index (Phi) is 3.65. The number of aryl methyl sites for hydroxylation is 2. The van der Waals surface area contributed by atoms with Crippen molar-refractivity contribution >= 4 is 39.3 Å². The van der Waals surface area contributed by atoms with Crippen molar-refractivity contribution in [2.24, 2.45) is 7.05 Å². The van der Waals surface area contributed by atoms with Crippen molar-refractivity contribution in [2.45, 2.75) is 13.1 Å². The molecule has 4 rings (SSSR count). The van der Waals surface area contributed by atoms with Gasteiger partial charge in [-0.05, 0) is 53.3 Å². The predicted octanol–water partition coefficient (Wildman–Crippen LogP) is 3.30. The minimum atomic E-state index is -4.46. The molecule has 0 aromatic carbocycles. The maximum atomic E-state index is 13.0. The molecule has 0 N–H and O–H groups in total. The molecule has 0 fully saturated rings. The van der Waals surface area contributed by atoms with E-state index in [1.807, 2.05) is 29.5 Å². The number of rotatable bonds is 1. The van der Waals surface area contributed by atoms with E-state index in [0.717, 1.165) is 17.8 Å². The summed E-state index contributed by atoms with van der Waals surface area (Å²) >= 11 is 1.89. The summed E-state index contributed by atoms with van der Waals surface area (Å²) in [5, 5.41) is 0.427. The molecule has 0 saturated carbocycles. The molecule has 0 atom stereocenters. The quantitative estimate of drug-likeness (QED) is 0.399. The van der Waals surface area contributed by atoms with Crippen LogP contribution >= 0.6 is 22.6 Å². The van der Waals surface area contributed by atoms with E-state index in [4.69, 9.17) is 0 Å². The molecule has 0 spiro atoms. The lowest BCUT2D eigenvalue weighted by Gasteiger charge is -2.07. The van der Waals surface area contributed by atoms with Crippen LogP contribution < -0.4 is 5.56 Å². The van der Waals surface area contributed by atoms with E-state index in [2.05, 4.69) is 9.97 Å². The summed E-state index contributed by atoms with van der Waals surface area (Å²) in [6.45, 7) is 1.83. The molecule has 4 aromatic heterocycles. The molecule has 0 amide bonds. The number of fused-ring (bicyclic) bond motifs is 2. The number of hydrogen-bond donors (Lipinski definition) is 0. The average Bonchev–Trinajstić information content (AvgIpc) is 3.01. The third-order valence-electron chi connectivity index (χ3n) is 4.10. The predicted molar refractivity (Wildman–Crippen MR) is 97.5 cm³/mol. The van der Waals surface area contributed by atoms with E-state index in [0.29, 0.717) is 20.4 Å². The lowest BCUT2D eigenvalue weighted by molar-refractivity contribution is -0.137.